The van der Waals surface area contributed by atoms with Gasteiger partial charge in [0.05, 0.1) is 5.92 Å². The van der Waals surface area contributed by atoms with E-state index in [-0.39, 0.29) is 18.3 Å². The molecular formula is C28H36FN3O4. The predicted molar refractivity (Wildman–Crippen MR) is 136 cm³/mol. The number of likely N-dealkylation sites (tertiary alicyclic amines) is 1. The molecule has 2 atom stereocenters. The fourth-order valence-corrected chi connectivity index (χ4v) is 4.64. The molecule has 3 rings (SSSR count). The van der Waals surface area contributed by atoms with Gasteiger partial charge in [0.25, 0.3) is 0 Å². The van der Waals surface area contributed by atoms with Crippen molar-refractivity contribution in [2.24, 2.45) is 5.92 Å². The third kappa shape index (κ3) is 7.80. The lowest BCUT2D eigenvalue weighted by Crippen LogP contribution is -2.57. The molecule has 7 nitrogen and oxygen atoms in total. The van der Waals surface area contributed by atoms with Crippen LogP contribution in [-0.4, -0.2) is 52.6 Å². The average molecular weight is 498 g/mol. The number of carboxylic acid groups (broad SMARTS) is 1. The second kappa shape index (κ2) is 12.0. The highest BCUT2D eigenvalue weighted by molar-refractivity contribution is 5.88. The molecule has 1 saturated heterocycles. The molecule has 3 amide bonds. The van der Waals surface area contributed by atoms with Crippen LogP contribution in [0, 0.1) is 11.7 Å². The van der Waals surface area contributed by atoms with Crippen molar-refractivity contribution in [2.75, 3.05) is 13.1 Å². The van der Waals surface area contributed by atoms with Crippen molar-refractivity contribution in [3.8, 4) is 0 Å². The van der Waals surface area contributed by atoms with Gasteiger partial charge in [-0.3, -0.25) is 9.59 Å². The minimum Gasteiger partial charge on any atom is -0.481 e. The maximum atomic E-state index is 13.2. The van der Waals surface area contributed by atoms with Gasteiger partial charge < -0.3 is 20.6 Å². The fourth-order valence-electron chi connectivity index (χ4n) is 4.64. The number of hydrogen-bond donors (Lipinski definition) is 3. The van der Waals surface area contributed by atoms with E-state index in [4.69, 9.17) is 0 Å². The summed E-state index contributed by atoms with van der Waals surface area (Å²) in [6, 6.07) is 14.9. The Balaban J connectivity index is 1.62. The number of nitrogens with zero attached hydrogens (tertiary/aromatic N) is 1. The summed E-state index contributed by atoms with van der Waals surface area (Å²) in [5, 5.41) is 15.1. The highest BCUT2D eigenvalue weighted by Crippen LogP contribution is 2.27. The van der Waals surface area contributed by atoms with Crippen LogP contribution < -0.4 is 10.6 Å². The van der Waals surface area contributed by atoms with Crippen molar-refractivity contribution >= 4 is 17.9 Å². The Hall–Kier alpha value is -3.42. The van der Waals surface area contributed by atoms with Gasteiger partial charge in [0, 0.05) is 18.6 Å². The molecular weight excluding hydrogens is 461 g/mol. The summed E-state index contributed by atoms with van der Waals surface area (Å²) >= 11 is 0. The molecule has 1 heterocycles. The number of hydrogen-bond acceptors (Lipinski definition) is 3. The quantitative estimate of drug-likeness (QED) is 0.480. The number of carbonyl (C=O) groups is 3. The molecule has 2 aromatic carbocycles. The van der Waals surface area contributed by atoms with Crippen LogP contribution >= 0.6 is 0 Å². The molecule has 0 saturated carbocycles. The van der Waals surface area contributed by atoms with Crippen LogP contribution in [0.2, 0.25) is 0 Å². The van der Waals surface area contributed by atoms with Gasteiger partial charge in [-0.25, -0.2) is 9.18 Å². The Morgan fingerprint density at radius 2 is 1.67 bits per heavy atom. The van der Waals surface area contributed by atoms with Gasteiger partial charge in [-0.05, 0) is 68.7 Å². The van der Waals surface area contributed by atoms with E-state index in [1.54, 1.807) is 17.0 Å². The van der Waals surface area contributed by atoms with Gasteiger partial charge in [-0.15, -0.1) is 0 Å². The highest BCUT2D eigenvalue weighted by Gasteiger charge is 2.32. The number of urea groups is 1. The lowest BCUT2D eigenvalue weighted by molar-refractivity contribution is -0.141. The van der Waals surface area contributed by atoms with Crippen LogP contribution in [-0.2, 0) is 16.0 Å². The molecule has 0 aliphatic carbocycles. The standard InChI is InChI=1S/C28H36FN3O4/c1-19(26(34)35)17-24(25(33)31-28(2,3)18-20-9-11-23(29)12-10-20)30-27(36)32-15-13-22(14-16-32)21-7-5-4-6-8-21/h4-12,19,22,24H,13-18H2,1-3H3,(H,30,36)(H,31,33)(H,34,35)/t19-,24-/m0/s1. The molecule has 36 heavy (non-hydrogen) atoms. The van der Waals surface area contributed by atoms with Crippen molar-refractivity contribution in [2.45, 2.75) is 64.0 Å². The number of rotatable bonds is 9. The molecule has 194 valence electrons. The summed E-state index contributed by atoms with van der Waals surface area (Å²) < 4.78 is 13.2. The van der Waals surface area contributed by atoms with E-state index in [0.717, 1.165) is 18.4 Å². The minimum atomic E-state index is -1.03. The zero-order chi connectivity index (χ0) is 26.3. The van der Waals surface area contributed by atoms with Crippen molar-refractivity contribution in [3.05, 3.63) is 71.5 Å². The van der Waals surface area contributed by atoms with Crippen molar-refractivity contribution in [1.82, 2.24) is 15.5 Å². The van der Waals surface area contributed by atoms with Crippen molar-refractivity contribution < 1.29 is 23.9 Å². The molecule has 0 unspecified atom stereocenters. The first kappa shape index (κ1) is 27.2. The third-order valence-corrected chi connectivity index (χ3v) is 6.70. The summed E-state index contributed by atoms with van der Waals surface area (Å²) in [7, 11) is 0. The van der Waals surface area contributed by atoms with Crippen LogP contribution in [0.25, 0.3) is 0 Å². The van der Waals surface area contributed by atoms with E-state index in [1.807, 2.05) is 32.0 Å². The van der Waals surface area contributed by atoms with Gasteiger partial charge >= 0.3 is 12.0 Å². The second-order valence-electron chi connectivity index (χ2n) is 10.3. The van der Waals surface area contributed by atoms with Crippen LogP contribution in [0.15, 0.2) is 54.6 Å². The summed E-state index contributed by atoms with van der Waals surface area (Å²) in [6.07, 6.45) is 2.07. The topological polar surface area (TPSA) is 98.7 Å². The van der Waals surface area contributed by atoms with Gasteiger partial charge in [0.2, 0.25) is 5.91 Å². The molecule has 1 aliphatic rings. The van der Waals surface area contributed by atoms with E-state index >= 15 is 0 Å². The van der Waals surface area contributed by atoms with E-state index in [2.05, 4.69) is 22.8 Å². The number of benzene rings is 2. The minimum absolute atomic E-state index is 0.0278. The lowest BCUT2D eigenvalue weighted by Gasteiger charge is -2.34. The van der Waals surface area contributed by atoms with Crippen molar-refractivity contribution in [3.63, 3.8) is 0 Å². The number of aliphatic carboxylic acids is 1. The van der Waals surface area contributed by atoms with Gasteiger partial charge in [-0.1, -0.05) is 49.4 Å². The normalized spacial score (nSPS) is 16.2. The molecule has 3 N–H and O–H groups in total. The van der Waals surface area contributed by atoms with E-state index in [0.29, 0.717) is 25.4 Å². The number of carbonyl (C=O) groups excluding carboxylic acids is 2. The molecule has 1 aliphatic heterocycles. The van der Waals surface area contributed by atoms with Crippen LogP contribution in [0.1, 0.15) is 57.1 Å². The number of halogens is 1. The summed E-state index contributed by atoms with van der Waals surface area (Å²) in [4.78, 5) is 39.4. The Morgan fingerprint density at radius 1 is 1.06 bits per heavy atom. The van der Waals surface area contributed by atoms with E-state index in [1.165, 1.54) is 24.6 Å². The molecule has 0 radical (unpaired) electrons. The first-order chi connectivity index (χ1) is 17.0. The zero-order valence-corrected chi connectivity index (χ0v) is 21.2. The van der Waals surface area contributed by atoms with Gasteiger partial charge in [0.15, 0.2) is 0 Å². The average Bonchev–Trinajstić information content (AvgIpc) is 2.85. The number of carboxylic acids is 1. The third-order valence-electron chi connectivity index (χ3n) is 6.70. The van der Waals surface area contributed by atoms with Crippen LogP contribution in [0.3, 0.4) is 0 Å². The monoisotopic (exact) mass is 497 g/mol. The Kier molecular flexibility index (Phi) is 9.07. The first-order valence-electron chi connectivity index (χ1n) is 12.4. The summed E-state index contributed by atoms with van der Waals surface area (Å²) in [6.45, 7) is 6.31. The molecule has 1 fully saturated rings. The molecule has 0 aromatic heterocycles. The summed E-state index contributed by atoms with van der Waals surface area (Å²) in [5.41, 5.74) is 1.41. The first-order valence-corrected chi connectivity index (χ1v) is 12.4. The van der Waals surface area contributed by atoms with Gasteiger partial charge in [0.1, 0.15) is 11.9 Å². The fraction of sp³-hybridized carbons (Fsp3) is 0.464. The van der Waals surface area contributed by atoms with Gasteiger partial charge in [-0.2, -0.15) is 0 Å². The molecule has 0 spiro atoms. The largest absolute Gasteiger partial charge is 0.481 e. The Bertz CT molecular complexity index is 1030. The van der Waals surface area contributed by atoms with E-state index in [9.17, 15) is 23.9 Å². The lowest BCUT2D eigenvalue weighted by atomic mass is 9.89. The summed E-state index contributed by atoms with van der Waals surface area (Å²) in [5.74, 6) is -2.24. The Morgan fingerprint density at radius 3 is 2.25 bits per heavy atom. The van der Waals surface area contributed by atoms with Crippen LogP contribution in [0.5, 0.6) is 0 Å². The smallest absolute Gasteiger partial charge is 0.318 e. The Labute approximate surface area is 212 Å². The van der Waals surface area contributed by atoms with Crippen LogP contribution in [0.4, 0.5) is 9.18 Å². The maximum absolute atomic E-state index is 13.2. The second-order valence-corrected chi connectivity index (χ2v) is 10.3. The molecule has 8 heteroatoms. The number of piperidine rings is 1. The molecule has 2 aromatic rings. The number of amides is 3. The highest BCUT2D eigenvalue weighted by atomic mass is 19.1. The van der Waals surface area contributed by atoms with Crippen molar-refractivity contribution in [1.29, 1.82) is 0 Å². The SMILES string of the molecule is C[C@@H](C[C@H](NC(=O)N1CCC(c2ccccc2)CC1)C(=O)NC(C)(C)Cc1ccc(F)cc1)C(=O)O. The number of nitrogens with one attached hydrogen (secondary N) is 2. The predicted octanol–water partition coefficient (Wildman–Crippen LogP) is 4.33. The maximum Gasteiger partial charge on any atom is 0.318 e. The zero-order valence-electron chi connectivity index (χ0n) is 21.2. The van der Waals surface area contributed by atoms with E-state index < -0.39 is 29.4 Å². The molecule has 0 bridgehead atoms.